The first-order chi connectivity index (χ1) is 11.7. The number of amides is 1. The van der Waals surface area contributed by atoms with E-state index in [1.54, 1.807) is 24.3 Å². The van der Waals surface area contributed by atoms with Crippen LogP contribution in [0.3, 0.4) is 0 Å². The lowest BCUT2D eigenvalue weighted by atomic mass is 10.3. The third-order valence-electron chi connectivity index (χ3n) is 3.22. The fourth-order valence-corrected chi connectivity index (χ4v) is 2.94. The molecule has 0 aliphatic carbocycles. The molecule has 0 aliphatic heterocycles. The van der Waals surface area contributed by atoms with Gasteiger partial charge in [-0.05, 0) is 51.5 Å². The first kappa shape index (κ1) is 21.2. The van der Waals surface area contributed by atoms with Gasteiger partial charge in [-0.1, -0.05) is 0 Å². The smallest absolute Gasteiger partial charge is 0.240 e. The second kappa shape index (κ2) is 10.2. The average molecular weight is 372 g/mol. The number of carbonyl (C=O) groups is 1. The molecule has 0 radical (unpaired) electrons. The predicted molar refractivity (Wildman–Crippen MR) is 98.5 cm³/mol. The van der Waals surface area contributed by atoms with Gasteiger partial charge in [0.05, 0.1) is 24.7 Å². The van der Waals surface area contributed by atoms with Gasteiger partial charge in [0.2, 0.25) is 15.9 Å². The molecule has 1 amide bonds. The zero-order valence-corrected chi connectivity index (χ0v) is 16.1. The van der Waals surface area contributed by atoms with Gasteiger partial charge in [0.25, 0.3) is 0 Å². The van der Waals surface area contributed by atoms with Gasteiger partial charge in [0.15, 0.2) is 0 Å². The van der Waals surface area contributed by atoms with Crippen molar-refractivity contribution in [3.8, 4) is 5.75 Å². The molecule has 0 bridgehead atoms. The Morgan fingerprint density at radius 3 is 2.40 bits per heavy atom. The lowest BCUT2D eigenvalue weighted by Crippen LogP contribution is -2.40. The van der Waals surface area contributed by atoms with Crippen molar-refractivity contribution in [2.75, 3.05) is 36.9 Å². The highest BCUT2D eigenvalue weighted by Crippen LogP contribution is 2.21. The summed E-state index contributed by atoms with van der Waals surface area (Å²) in [7, 11) is -3.58. The number of rotatable bonds is 11. The normalized spacial score (nSPS) is 11.4. The maximum Gasteiger partial charge on any atom is 0.240 e. The molecule has 0 saturated carbocycles. The van der Waals surface area contributed by atoms with Crippen molar-refractivity contribution in [1.82, 2.24) is 5.32 Å². The Morgan fingerprint density at radius 2 is 1.88 bits per heavy atom. The standard InChI is InChI=1S/C17H28N2O5S/c1-5-23-16-9-7-15(8-10-16)19(25(4,21)22)13-17(20)18-11-6-12-24-14(2)3/h7-10,14H,5-6,11-13H2,1-4H3,(H,18,20). The van der Waals surface area contributed by atoms with E-state index in [0.717, 1.165) is 10.6 Å². The molecule has 0 aliphatic rings. The van der Waals surface area contributed by atoms with Crippen LogP contribution in [0.2, 0.25) is 0 Å². The van der Waals surface area contributed by atoms with Crippen LogP contribution in [0.4, 0.5) is 5.69 Å². The molecule has 1 aromatic rings. The Labute approximate surface area is 150 Å². The average Bonchev–Trinajstić information content (AvgIpc) is 2.52. The van der Waals surface area contributed by atoms with Crippen molar-refractivity contribution in [3.63, 3.8) is 0 Å². The molecule has 0 saturated heterocycles. The highest BCUT2D eigenvalue weighted by atomic mass is 32.2. The highest BCUT2D eigenvalue weighted by molar-refractivity contribution is 7.92. The van der Waals surface area contributed by atoms with Crippen molar-refractivity contribution < 1.29 is 22.7 Å². The summed E-state index contributed by atoms with van der Waals surface area (Å²) < 4.78 is 35.9. The molecule has 7 nitrogen and oxygen atoms in total. The molecule has 8 heteroatoms. The number of carbonyl (C=O) groups excluding carboxylic acids is 1. The summed E-state index contributed by atoms with van der Waals surface area (Å²) in [5, 5.41) is 2.71. The number of sulfonamides is 1. The minimum atomic E-state index is -3.58. The van der Waals surface area contributed by atoms with Gasteiger partial charge in [0.1, 0.15) is 12.3 Å². The summed E-state index contributed by atoms with van der Waals surface area (Å²) in [5.41, 5.74) is 0.421. The number of hydrogen-bond donors (Lipinski definition) is 1. The molecule has 0 spiro atoms. The molecular weight excluding hydrogens is 344 g/mol. The van der Waals surface area contributed by atoms with Gasteiger partial charge in [-0.15, -0.1) is 0 Å². The largest absolute Gasteiger partial charge is 0.494 e. The lowest BCUT2D eigenvalue weighted by Gasteiger charge is -2.22. The summed E-state index contributed by atoms with van der Waals surface area (Å²) in [4.78, 5) is 12.1. The van der Waals surface area contributed by atoms with Crippen LogP contribution in [0.25, 0.3) is 0 Å². The van der Waals surface area contributed by atoms with Crippen molar-refractivity contribution >= 4 is 21.6 Å². The molecule has 1 rings (SSSR count). The van der Waals surface area contributed by atoms with Gasteiger partial charge >= 0.3 is 0 Å². The first-order valence-electron chi connectivity index (χ1n) is 8.33. The topological polar surface area (TPSA) is 84.9 Å². The maximum atomic E-state index is 12.1. The number of ether oxygens (including phenoxy) is 2. The zero-order chi connectivity index (χ0) is 18.9. The van der Waals surface area contributed by atoms with E-state index in [-0.39, 0.29) is 18.6 Å². The lowest BCUT2D eigenvalue weighted by molar-refractivity contribution is -0.119. The van der Waals surface area contributed by atoms with E-state index in [2.05, 4.69) is 5.32 Å². The fourth-order valence-electron chi connectivity index (χ4n) is 2.08. The van der Waals surface area contributed by atoms with Gasteiger partial charge in [-0.25, -0.2) is 8.42 Å². The van der Waals surface area contributed by atoms with Crippen LogP contribution in [-0.4, -0.2) is 53.0 Å². The van der Waals surface area contributed by atoms with E-state index < -0.39 is 10.0 Å². The quantitative estimate of drug-likeness (QED) is 0.599. The van der Waals surface area contributed by atoms with Crippen LogP contribution in [0, 0.1) is 0 Å². The molecule has 25 heavy (non-hydrogen) atoms. The van der Waals surface area contributed by atoms with E-state index in [9.17, 15) is 13.2 Å². The molecule has 0 atom stereocenters. The van der Waals surface area contributed by atoms with Crippen LogP contribution in [-0.2, 0) is 19.6 Å². The van der Waals surface area contributed by atoms with Crippen LogP contribution in [0.15, 0.2) is 24.3 Å². The van der Waals surface area contributed by atoms with E-state index >= 15 is 0 Å². The fraction of sp³-hybridized carbons (Fsp3) is 0.588. The van der Waals surface area contributed by atoms with E-state index in [4.69, 9.17) is 9.47 Å². The Kier molecular flexibility index (Phi) is 8.71. The molecule has 0 aromatic heterocycles. The second-order valence-corrected chi connectivity index (χ2v) is 7.73. The summed E-state index contributed by atoms with van der Waals surface area (Å²) in [6, 6.07) is 6.60. The molecule has 142 valence electrons. The summed E-state index contributed by atoms with van der Waals surface area (Å²) in [5.74, 6) is 0.290. The number of anilines is 1. The monoisotopic (exact) mass is 372 g/mol. The minimum Gasteiger partial charge on any atom is -0.494 e. The van der Waals surface area contributed by atoms with Gasteiger partial charge < -0.3 is 14.8 Å². The Hall–Kier alpha value is -1.80. The van der Waals surface area contributed by atoms with Crippen molar-refractivity contribution in [2.45, 2.75) is 33.3 Å². The minimum absolute atomic E-state index is 0.149. The Bertz CT molecular complexity index is 629. The summed E-state index contributed by atoms with van der Waals surface area (Å²) >= 11 is 0. The summed E-state index contributed by atoms with van der Waals surface area (Å²) in [6.07, 6.45) is 1.90. The zero-order valence-electron chi connectivity index (χ0n) is 15.3. The molecule has 0 fully saturated rings. The van der Waals surface area contributed by atoms with E-state index in [1.807, 2.05) is 20.8 Å². The van der Waals surface area contributed by atoms with Crippen molar-refractivity contribution in [3.05, 3.63) is 24.3 Å². The van der Waals surface area contributed by atoms with Crippen LogP contribution in [0.5, 0.6) is 5.75 Å². The number of nitrogens with one attached hydrogen (secondary N) is 1. The van der Waals surface area contributed by atoms with Crippen LogP contribution < -0.4 is 14.4 Å². The number of nitrogens with zero attached hydrogens (tertiary/aromatic N) is 1. The predicted octanol–water partition coefficient (Wildman–Crippen LogP) is 1.78. The van der Waals surface area contributed by atoms with E-state index in [0.29, 0.717) is 37.6 Å². The van der Waals surface area contributed by atoms with Crippen molar-refractivity contribution in [2.24, 2.45) is 0 Å². The summed E-state index contributed by atoms with van der Waals surface area (Å²) in [6.45, 7) is 7.00. The van der Waals surface area contributed by atoms with Crippen LogP contribution >= 0.6 is 0 Å². The third-order valence-corrected chi connectivity index (χ3v) is 4.36. The molecular formula is C17H28N2O5S. The number of hydrogen-bond acceptors (Lipinski definition) is 5. The van der Waals surface area contributed by atoms with Gasteiger partial charge in [0, 0.05) is 13.2 Å². The molecule has 1 N–H and O–H groups in total. The second-order valence-electron chi connectivity index (χ2n) is 5.82. The Morgan fingerprint density at radius 1 is 1.24 bits per heavy atom. The maximum absolute atomic E-state index is 12.1. The molecule has 1 aromatic carbocycles. The highest BCUT2D eigenvalue weighted by Gasteiger charge is 2.20. The SMILES string of the molecule is CCOc1ccc(N(CC(=O)NCCCOC(C)C)S(C)(=O)=O)cc1. The van der Waals surface area contributed by atoms with Crippen molar-refractivity contribution in [1.29, 1.82) is 0 Å². The molecule has 0 unspecified atom stereocenters. The Balaban J connectivity index is 2.63. The molecule has 0 heterocycles. The van der Waals surface area contributed by atoms with Gasteiger partial charge in [-0.3, -0.25) is 9.10 Å². The first-order valence-corrected chi connectivity index (χ1v) is 10.2. The number of benzene rings is 1. The van der Waals surface area contributed by atoms with Gasteiger partial charge in [-0.2, -0.15) is 0 Å². The van der Waals surface area contributed by atoms with E-state index in [1.165, 1.54) is 0 Å². The third kappa shape index (κ3) is 8.22. The van der Waals surface area contributed by atoms with Crippen LogP contribution in [0.1, 0.15) is 27.2 Å².